The summed E-state index contributed by atoms with van der Waals surface area (Å²) in [6.07, 6.45) is 0. The number of aryl methyl sites for hydroxylation is 1. The van der Waals surface area contributed by atoms with Crippen LogP contribution in [0.4, 0.5) is 0 Å². The first-order valence-electron chi connectivity index (χ1n) is 7.56. The first-order chi connectivity index (χ1) is 11.6. The maximum atomic E-state index is 12.3. The fraction of sp³-hybridized carbons (Fsp3) is 0.158. The molecule has 3 rings (SSSR count). The average Bonchev–Trinajstić information content (AvgIpc) is 2.55. The van der Waals surface area contributed by atoms with E-state index in [-0.39, 0.29) is 0 Å². The molecule has 5 heteroatoms. The van der Waals surface area contributed by atoms with Gasteiger partial charge in [0.1, 0.15) is 17.1 Å². The summed E-state index contributed by atoms with van der Waals surface area (Å²) in [6, 6.07) is 13.2. The highest BCUT2D eigenvalue weighted by molar-refractivity contribution is 5.92. The molecule has 0 aliphatic heterocycles. The minimum atomic E-state index is -0.508. The van der Waals surface area contributed by atoms with Crippen molar-refractivity contribution in [3.8, 4) is 11.5 Å². The van der Waals surface area contributed by atoms with Gasteiger partial charge in [0.05, 0.1) is 12.2 Å². The minimum absolute atomic E-state index is 0.308. The molecule has 0 amide bonds. The van der Waals surface area contributed by atoms with Crippen LogP contribution >= 0.6 is 0 Å². The topological polar surface area (TPSA) is 65.7 Å². The largest absolute Gasteiger partial charge is 0.494 e. The summed E-state index contributed by atoms with van der Waals surface area (Å²) in [6.45, 7) is 4.21. The Morgan fingerprint density at radius 1 is 1.08 bits per heavy atom. The number of carbonyl (C=O) groups is 1. The van der Waals surface area contributed by atoms with Gasteiger partial charge in [-0.05, 0) is 49.7 Å². The lowest BCUT2D eigenvalue weighted by Gasteiger charge is -2.08. The fourth-order valence-corrected chi connectivity index (χ4v) is 2.41. The molecule has 0 atom stereocenters. The van der Waals surface area contributed by atoms with Crippen LogP contribution in [0.25, 0.3) is 11.0 Å². The third kappa shape index (κ3) is 3.30. The minimum Gasteiger partial charge on any atom is -0.494 e. The molecular formula is C19H16O5. The lowest BCUT2D eigenvalue weighted by Crippen LogP contribution is -2.09. The Kier molecular flexibility index (Phi) is 4.33. The van der Waals surface area contributed by atoms with Crippen LogP contribution in [0.5, 0.6) is 11.5 Å². The van der Waals surface area contributed by atoms with Crippen LogP contribution in [-0.2, 0) is 0 Å². The van der Waals surface area contributed by atoms with Crippen molar-refractivity contribution >= 4 is 16.9 Å². The highest BCUT2D eigenvalue weighted by Gasteiger charge is 2.11. The molecule has 5 nitrogen and oxygen atoms in total. The highest BCUT2D eigenvalue weighted by Crippen LogP contribution is 2.23. The van der Waals surface area contributed by atoms with Gasteiger partial charge in [0, 0.05) is 17.5 Å². The maximum absolute atomic E-state index is 12.3. The van der Waals surface area contributed by atoms with E-state index in [2.05, 4.69) is 0 Å². The van der Waals surface area contributed by atoms with Crippen molar-refractivity contribution in [1.29, 1.82) is 0 Å². The van der Waals surface area contributed by atoms with Crippen LogP contribution in [0, 0.1) is 6.92 Å². The number of benzene rings is 2. The van der Waals surface area contributed by atoms with Crippen LogP contribution in [0.15, 0.2) is 57.7 Å². The van der Waals surface area contributed by atoms with Crippen LogP contribution in [0.3, 0.4) is 0 Å². The molecule has 3 aromatic rings. The van der Waals surface area contributed by atoms with Crippen molar-refractivity contribution < 1.29 is 18.7 Å². The lowest BCUT2D eigenvalue weighted by atomic mass is 10.1. The molecule has 0 unspecified atom stereocenters. The molecule has 1 aromatic heterocycles. The summed E-state index contributed by atoms with van der Waals surface area (Å²) in [5.41, 5.74) is 1.14. The van der Waals surface area contributed by atoms with Gasteiger partial charge >= 0.3 is 11.6 Å². The SMILES string of the molecule is CCOc1cccc(C(=O)Oc2ccc3c(C)cc(=O)oc3c2)c1. The zero-order valence-corrected chi connectivity index (χ0v) is 13.4. The summed E-state index contributed by atoms with van der Waals surface area (Å²) >= 11 is 0. The van der Waals surface area contributed by atoms with E-state index in [1.54, 1.807) is 36.4 Å². The van der Waals surface area contributed by atoms with E-state index in [0.29, 0.717) is 29.3 Å². The molecule has 0 radical (unpaired) electrons. The zero-order chi connectivity index (χ0) is 17.1. The van der Waals surface area contributed by atoms with E-state index >= 15 is 0 Å². The Morgan fingerprint density at radius 2 is 1.92 bits per heavy atom. The third-order valence-corrected chi connectivity index (χ3v) is 3.51. The average molecular weight is 324 g/mol. The molecule has 0 fully saturated rings. The van der Waals surface area contributed by atoms with E-state index in [9.17, 15) is 9.59 Å². The van der Waals surface area contributed by atoms with Gasteiger partial charge in [0.15, 0.2) is 0 Å². The van der Waals surface area contributed by atoms with Gasteiger partial charge in [0.2, 0.25) is 0 Å². The Hall–Kier alpha value is -3.08. The quantitative estimate of drug-likeness (QED) is 0.416. The van der Waals surface area contributed by atoms with Gasteiger partial charge in [-0.15, -0.1) is 0 Å². The number of hydrogen-bond acceptors (Lipinski definition) is 5. The molecule has 0 bridgehead atoms. The van der Waals surface area contributed by atoms with Gasteiger partial charge in [-0.2, -0.15) is 0 Å². The Morgan fingerprint density at radius 3 is 2.71 bits per heavy atom. The summed E-state index contributed by atoms with van der Waals surface area (Å²) in [5.74, 6) is 0.404. The van der Waals surface area contributed by atoms with Crippen LogP contribution in [0.2, 0.25) is 0 Å². The van der Waals surface area contributed by atoms with Gasteiger partial charge in [-0.25, -0.2) is 9.59 Å². The predicted octanol–water partition coefficient (Wildman–Crippen LogP) is 3.72. The molecule has 0 saturated carbocycles. The third-order valence-electron chi connectivity index (χ3n) is 3.51. The number of fused-ring (bicyclic) bond motifs is 1. The summed E-state index contributed by atoms with van der Waals surface area (Å²) < 4.78 is 15.9. The van der Waals surface area contributed by atoms with Gasteiger partial charge in [-0.3, -0.25) is 0 Å². The predicted molar refractivity (Wildman–Crippen MR) is 89.8 cm³/mol. The molecular weight excluding hydrogens is 308 g/mol. The molecule has 0 spiro atoms. The molecule has 0 aliphatic rings. The van der Waals surface area contributed by atoms with E-state index in [4.69, 9.17) is 13.9 Å². The first kappa shape index (κ1) is 15.8. The number of ether oxygens (including phenoxy) is 2. The Bertz CT molecular complexity index is 955. The zero-order valence-electron chi connectivity index (χ0n) is 13.4. The van der Waals surface area contributed by atoms with E-state index in [1.807, 2.05) is 13.8 Å². The van der Waals surface area contributed by atoms with Crippen LogP contribution in [0.1, 0.15) is 22.8 Å². The molecule has 122 valence electrons. The lowest BCUT2D eigenvalue weighted by molar-refractivity contribution is 0.0734. The van der Waals surface area contributed by atoms with Crippen molar-refractivity contribution in [3.63, 3.8) is 0 Å². The fourth-order valence-electron chi connectivity index (χ4n) is 2.41. The summed E-state index contributed by atoms with van der Waals surface area (Å²) in [4.78, 5) is 23.7. The molecule has 0 aliphatic carbocycles. The molecule has 2 aromatic carbocycles. The summed E-state index contributed by atoms with van der Waals surface area (Å²) in [7, 11) is 0. The van der Waals surface area contributed by atoms with Gasteiger partial charge < -0.3 is 13.9 Å². The number of rotatable bonds is 4. The Labute approximate surface area is 138 Å². The van der Waals surface area contributed by atoms with E-state index in [1.165, 1.54) is 12.1 Å². The molecule has 0 N–H and O–H groups in total. The normalized spacial score (nSPS) is 10.6. The number of esters is 1. The second-order valence-electron chi connectivity index (χ2n) is 5.26. The highest BCUT2D eigenvalue weighted by atomic mass is 16.5. The maximum Gasteiger partial charge on any atom is 0.343 e. The number of hydrogen-bond donors (Lipinski definition) is 0. The Balaban J connectivity index is 1.88. The number of carbonyl (C=O) groups excluding carboxylic acids is 1. The van der Waals surface area contributed by atoms with Crippen molar-refractivity contribution in [2.45, 2.75) is 13.8 Å². The van der Waals surface area contributed by atoms with E-state index in [0.717, 1.165) is 10.9 Å². The van der Waals surface area contributed by atoms with Gasteiger partial charge in [0.25, 0.3) is 0 Å². The van der Waals surface area contributed by atoms with Crippen LogP contribution in [-0.4, -0.2) is 12.6 Å². The first-order valence-corrected chi connectivity index (χ1v) is 7.56. The van der Waals surface area contributed by atoms with Crippen molar-refractivity contribution in [3.05, 3.63) is 70.1 Å². The van der Waals surface area contributed by atoms with Crippen LogP contribution < -0.4 is 15.1 Å². The van der Waals surface area contributed by atoms with Crippen molar-refractivity contribution in [2.75, 3.05) is 6.61 Å². The monoisotopic (exact) mass is 324 g/mol. The van der Waals surface area contributed by atoms with Crippen molar-refractivity contribution in [2.24, 2.45) is 0 Å². The summed E-state index contributed by atoms with van der Waals surface area (Å²) in [5, 5.41) is 0.799. The smallest absolute Gasteiger partial charge is 0.343 e. The molecule has 1 heterocycles. The molecule has 24 heavy (non-hydrogen) atoms. The second-order valence-corrected chi connectivity index (χ2v) is 5.26. The standard InChI is InChI=1S/C19H16O5/c1-3-22-14-6-4-5-13(10-14)19(21)23-15-7-8-16-12(2)9-18(20)24-17(16)11-15/h4-11H,3H2,1-2H3. The molecule has 0 saturated heterocycles. The second kappa shape index (κ2) is 6.58. The van der Waals surface area contributed by atoms with Gasteiger partial charge in [-0.1, -0.05) is 6.07 Å². The van der Waals surface area contributed by atoms with Crippen molar-refractivity contribution in [1.82, 2.24) is 0 Å². The van der Waals surface area contributed by atoms with E-state index < -0.39 is 11.6 Å².